The van der Waals surface area contributed by atoms with Crippen LogP contribution in [0.3, 0.4) is 0 Å². The van der Waals surface area contributed by atoms with Crippen LogP contribution in [0.5, 0.6) is 0 Å². The molecule has 0 radical (unpaired) electrons. The van der Waals surface area contributed by atoms with Gasteiger partial charge >= 0.3 is 0 Å². The summed E-state index contributed by atoms with van der Waals surface area (Å²) in [5.41, 5.74) is 4.02. The highest BCUT2D eigenvalue weighted by Gasteiger charge is 2.01. The van der Waals surface area contributed by atoms with Gasteiger partial charge in [-0.15, -0.1) is 0 Å². The van der Waals surface area contributed by atoms with Crippen LogP contribution < -0.4 is 16.6 Å². The molecule has 0 fully saturated rings. The number of benzene rings is 1. The first-order valence-corrected chi connectivity index (χ1v) is 4.41. The van der Waals surface area contributed by atoms with Crippen LogP contribution in [-0.2, 0) is 6.42 Å². The average Bonchev–Trinajstić information content (AvgIpc) is 2.21. The van der Waals surface area contributed by atoms with Crippen LogP contribution in [0.15, 0.2) is 24.3 Å². The third kappa shape index (κ3) is 2.69. The number of hydrazine groups is 1. The van der Waals surface area contributed by atoms with E-state index < -0.39 is 0 Å². The fraction of sp³-hybridized carbons (Fsp3) is 0.111. The van der Waals surface area contributed by atoms with E-state index in [9.17, 15) is 0 Å². The van der Waals surface area contributed by atoms with E-state index in [2.05, 4.69) is 16.8 Å². The molecule has 4 nitrogen and oxygen atoms in total. The lowest BCUT2D eigenvalue weighted by Gasteiger charge is -2.09. The van der Waals surface area contributed by atoms with Gasteiger partial charge < -0.3 is 10.7 Å². The normalized spacial score (nSPS) is 8.86. The number of nitriles is 1. The van der Waals surface area contributed by atoms with Gasteiger partial charge in [0.1, 0.15) is 0 Å². The molecule has 0 atom stereocenters. The Morgan fingerprint density at radius 3 is 2.86 bits per heavy atom. The maximum absolute atomic E-state index is 8.58. The van der Waals surface area contributed by atoms with Crippen molar-refractivity contribution in [2.75, 3.05) is 5.32 Å². The molecule has 0 aromatic heterocycles. The van der Waals surface area contributed by atoms with E-state index in [0.717, 1.165) is 11.3 Å². The van der Waals surface area contributed by atoms with Crippen LogP contribution in [0, 0.1) is 11.3 Å². The van der Waals surface area contributed by atoms with E-state index in [0.29, 0.717) is 11.5 Å². The summed E-state index contributed by atoms with van der Waals surface area (Å²) in [4.78, 5) is 0. The zero-order valence-corrected chi connectivity index (χ0v) is 8.27. The summed E-state index contributed by atoms with van der Waals surface area (Å²) >= 11 is 4.85. The van der Waals surface area contributed by atoms with Gasteiger partial charge in [-0.05, 0) is 23.8 Å². The number of thiocarbonyl (C=S) groups is 1. The number of nitrogens with zero attached hydrogens (tertiary/aromatic N) is 1. The molecular weight excluding hydrogens is 196 g/mol. The van der Waals surface area contributed by atoms with Crippen LogP contribution in [0.4, 0.5) is 5.69 Å². The van der Waals surface area contributed by atoms with Gasteiger partial charge in [0.25, 0.3) is 0 Å². The van der Waals surface area contributed by atoms with Crippen LogP contribution in [-0.4, -0.2) is 5.11 Å². The zero-order valence-electron chi connectivity index (χ0n) is 7.45. The second-order valence-corrected chi connectivity index (χ2v) is 3.00. The lowest BCUT2D eigenvalue weighted by atomic mass is 10.1. The molecule has 1 aromatic rings. The summed E-state index contributed by atoms with van der Waals surface area (Å²) in [6.07, 6.45) is 0.344. The SMILES string of the molecule is N#CCc1ccccc1NC(=S)NN. The first kappa shape index (κ1) is 10.4. The second-order valence-electron chi connectivity index (χ2n) is 2.59. The second kappa shape index (κ2) is 5.17. The van der Waals surface area contributed by atoms with E-state index >= 15 is 0 Å². The van der Waals surface area contributed by atoms with Gasteiger partial charge in [-0.2, -0.15) is 5.26 Å². The molecule has 0 bridgehead atoms. The van der Waals surface area contributed by atoms with Gasteiger partial charge in [0, 0.05) is 5.69 Å². The minimum Gasteiger partial charge on any atom is -0.331 e. The highest BCUT2D eigenvalue weighted by atomic mass is 32.1. The molecule has 0 heterocycles. The van der Waals surface area contributed by atoms with Crippen molar-refractivity contribution < 1.29 is 0 Å². The highest BCUT2D eigenvalue weighted by molar-refractivity contribution is 7.80. The molecule has 0 aliphatic heterocycles. The predicted octanol–water partition coefficient (Wildman–Crippen LogP) is 0.913. The first-order valence-electron chi connectivity index (χ1n) is 4.00. The van der Waals surface area contributed by atoms with Crippen LogP contribution in [0.25, 0.3) is 0 Å². The molecule has 0 aliphatic carbocycles. The number of anilines is 1. The number of para-hydroxylation sites is 1. The van der Waals surface area contributed by atoms with Gasteiger partial charge in [0.15, 0.2) is 5.11 Å². The summed E-state index contributed by atoms with van der Waals surface area (Å²) < 4.78 is 0. The van der Waals surface area contributed by atoms with E-state index in [1.807, 2.05) is 24.3 Å². The van der Waals surface area contributed by atoms with Gasteiger partial charge in [0.2, 0.25) is 0 Å². The van der Waals surface area contributed by atoms with E-state index in [1.165, 1.54) is 0 Å². The zero-order chi connectivity index (χ0) is 10.4. The molecule has 72 valence electrons. The summed E-state index contributed by atoms with van der Waals surface area (Å²) in [7, 11) is 0. The minimum atomic E-state index is 0.329. The molecule has 0 spiro atoms. The Balaban J connectivity index is 2.85. The van der Waals surface area contributed by atoms with E-state index in [4.69, 9.17) is 23.3 Å². The molecule has 4 N–H and O–H groups in total. The summed E-state index contributed by atoms with van der Waals surface area (Å²) in [6.45, 7) is 0. The van der Waals surface area contributed by atoms with Crippen molar-refractivity contribution in [3.05, 3.63) is 29.8 Å². The average molecular weight is 206 g/mol. The molecule has 0 saturated carbocycles. The third-order valence-electron chi connectivity index (χ3n) is 1.67. The minimum absolute atomic E-state index is 0.329. The molecule has 5 heteroatoms. The topological polar surface area (TPSA) is 73.9 Å². The van der Waals surface area contributed by atoms with Crippen LogP contribution in [0.1, 0.15) is 5.56 Å². The number of rotatable bonds is 2. The lowest BCUT2D eigenvalue weighted by molar-refractivity contribution is 1.04. The van der Waals surface area contributed by atoms with Gasteiger partial charge in [-0.25, -0.2) is 5.84 Å². The van der Waals surface area contributed by atoms with E-state index in [-0.39, 0.29) is 0 Å². The largest absolute Gasteiger partial charge is 0.331 e. The van der Waals surface area contributed by atoms with Gasteiger partial charge in [0.05, 0.1) is 12.5 Å². The van der Waals surface area contributed by atoms with Crippen molar-refractivity contribution in [3.8, 4) is 6.07 Å². The monoisotopic (exact) mass is 206 g/mol. The Morgan fingerprint density at radius 1 is 1.50 bits per heavy atom. The smallest absolute Gasteiger partial charge is 0.185 e. The molecule has 0 aliphatic rings. The summed E-state index contributed by atoms with van der Waals surface area (Å²) in [5, 5.41) is 11.8. The number of hydrogen-bond acceptors (Lipinski definition) is 3. The Kier molecular flexibility index (Phi) is 3.85. The molecule has 1 rings (SSSR count). The molecule has 0 unspecified atom stereocenters. The summed E-state index contributed by atoms with van der Waals surface area (Å²) in [5.74, 6) is 5.13. The van der Waals surface area contributed by atoms with E-state index in [1.54, 1.807) is 0 Å². The lowest BCUT2D eigenvalue weighted by Crippen LogP contribution is -2.34. The Morgan fingerprint density at radius 2 is 2.21 bits per heavy atom. The number of nitrogens with one attached hydrogen (secondary N) is 2. The number of nitrogens with two attached hydrogens (primary N) is 1. The molecule has 0 saturated heterocycles. The third-order valence-corrected chi connectivity index (χ3v) is 1.89. The van der Waals surface area contributed by atoms with Gasteiger partial charge in [-0.3, -0.25) is 0 Å². The fourth-order valence-electron chi connectivity index (χ4n) is 1.04. The van der Waals surface area contributed by atoms with Crippen molar-refractivity contribution in [3.63, 3.8) is 0 Å². The maximum atomic E-state index is 8.58. The Bertz CT molecular complexity index is 369. The molecular formula is C9H10N4S. The van der Waals surface area contributed by atoms with Crippen molar-refractivity contribution in [2.45, 2.75) is 6.42 Å². The van der Waals surface area contributed by atoms with Crippen molar-refractivity contribution in [1.82, 2.24) is 5.43 Å². The maximum Gasteiger partial charge on any atom is 0.185 e. The molecule has 0 amide bonds. The Hall–Kier alpha value is -1.64. The van der Waals surface area contributed by atoms with Crippen molar-refractivity contribution in [1.29, 1.82) is 5.26 Å². The van der Waals surface area contributed by atoms with Gasteiger partial charge in [-0.1, -0.05) is 18.2 Å². The van der Waals surface area contributed by atoms with Crippen molar-refractivity contribution in [2.24, 2.45) is 5.84 Å². The fourth-order valence-corrected chi connectivity index (χ4v) is 1.15. The van der Waals surface area contributed by atoms with Crippen molar-refractivity contribution >= 4 is 23.0 Å². The number of hydrogen-bond donors (Lipinski definition) is 3. The summed E-state index contributed by atoms with van der Waals surface area (Å²) in [6, 6.07) is 9.53. The standard InChI is InChI=1S/C9H10N4S/c10-6-5-7-3-1-2-4-8(7)12-9(14)13-11/h1-4H,5,11H2,(H2,12,13,14). The molecule has 14 heavy (non-hydrogen) atoms. The first-order chi connectivity index (χ1) is 6.77. The van der Waals surface area contributed by atoms with Crippen LogP contribution >= 0.6 is 12.2 Å². The Labute approximate surface area is 87.7 Å². The van der Waals surface area contributed by atoms with Crippen LogP contribution in [0.2, 0.25) is 0 Å². The molecule has 1 aromatic carbocycles. The quantitative estimate of drug-likeness (QED) is 0.381. The highest BCUT2D eigenvalue weighted by Crippen LogP contribution is 2.14. The predicted molar refractivity (Wildman–Crippen MR) is 59.3 cm³/mol.